The van der Waals surface area contributed by atoms with Crippen molar-refractivity contribution in [3.8, 4) is 0 Å². The van der Waals surface area contributed by atoms with Crippen LogP contribution in [0.4, 0.5) is 0 Å². The van der Waals surface area contributed by atoms with Gasteiger partial charge in [0.15, 0.2) is 0 Å². The summed E-state index contributed by atoms with van der Waals surface area (Å²) in [6.07, 6.45) is 5.95. The smallest absolute Gasteiger partial charge is 0.211 e. The van der Waals surface area contributed by atoms with E-state index in [2.05, 4.69) is 17.0 Å². The average molecular weight is 292 g/mol. The van der Waals surface area contributed by atoms with Crippen LogP contribution in [0.15, 0.2) is 0 Å². The molecule has 0 bridgehead atoms. The van der Waals surface area contributed by atoms with E-state index in [1.54, 1.807) is 0 Å². The van der Waals surface area contributed by atoms with Crippen LogP contribution < -0.4 is 10.0 Å². The zero-order chi connectivity index (χ0) is 14.0. The van der Waals surface area contributed by atoms with Crippen molar-refractivity contribution in [1.29, 1.82) is 0 Å². The summed E-state index contributed by atoms with van der Waals surface area (Å²) in [7, 11) is -3.09. The van der Waals surface area contributed by atoms with Crippen molar-refractivity contribution in [1.82, 2.24) is 10.0 Å². The van der Waals surface area contributed by atoms with Gasteiger partial charge in [0.25, 0.3) is 0 Å². The molecule has 0 spiro atoms. The highest BCUT2D eigenvalue weighted by Gasteiger charge is 2.19. The Morgan fingerprint density at radius 3 is 2.58 bits per heavy atom. The first kappa shape index (κ1) is 16.9. The molecule has 114 valence electrons. The van der Waals surface area contributed by atoms with Crippen molar-refractivity contribution >= 4 is 10.0 Å². The SMILES string of the molecule is CCCOCCCNS(=O)(=O)CCCCNC1CC1. The molecule has 1 saturated carbocycles. The molecule has 0 aromatic carbocycles. The summed E-state index contributed by atoms with van der Waals surface area (Å²) < 4.78 is 31.2. The molecule has 1 aliphatic rings. The quantitative estimate of drug-likeness (QED) is 0.501. The molecule has 19 heavy (non-hydrogen) atoms. The fourth-order valence-corrected chi connectivity index (χ4v) is 2.92. The Morgan fingerprint density at radius 1 is 1.11 bits per heavy atom. The van der Waals surface area contributed by atoms with Gasteiger partial charge in [-0.25, -0.2) is 13.1 Å². The summed E-state index contributed by atoms with van der Waals surface area (Å²) in [4.78, 5) is 0. The maximum atomic E-state index is 11.7. The van der Waals surface area contributed by atoms with Gasteiger partial charge >= 0.3 is 0 Å². The standard InChI is InChI=1S/C13H28N2O3S/c1-2-10-18-11-5-9-15-19(16,17)12-4-3-8-14-13-6-7-13/h13-15H,2-12H2,1H3. The minimum absolute atomic E-state index is 0.231. The van der Waals surface area contributed by atoms with Crippen molar-refractivity contribution < 1.29 is 13.2 Å². The van der Waals surface area contributed by atoms with Crippen LogP contribution in [0.25, 0.3) is 0 Å². The third kappa shape index (κ3) is 10.3. The molecule has 0 atom stereocenters. The third-order valence-corrected chi connectivity index (χ3v) is 4.46. The van der Waals surface area contributed by atoms with Crippen LogP contribution >= 0.6 is 0 Å². The number of sulfonamides is 1. The lowest BCUT2D eigenvalue weighted by Gasteiger charge is -2.07. The Balaban J connectivity index is 1.90. The maximum absolute atomic E-state index is 11.7. The Kier molecular flexibility index (Phi) is 8.61. The predicted octanol–water partition coefficient (Wildman–Crippen LogP) is 1.25. The first-order valence-corrected chi connectivity index (χ1v) is 9.08. The van der Waals surface area contributed by atoms with Gasteiger partial charge < -0.3 is 10.1 Å². The van der Waals surface area contributed by atoms with Gasteiger partial charge in [0.1, 0.15) is 0 Å². The number of hydrogen-bond acceptors (Lipinski definition) is 4. The predicted molar refractivity (Wildman–Crippen MR) is 77.8 cm³/mol. The number of nitrogens with one attached hydrogen (secondary N) is 2. The van der Waals surface area contributed by atoms with Crippen LogP contribution in [0.5, 0.6) is 0 Å². The number of ether oxygens (including phenoxy) is 1. The molecule has 0 unspecified atom stereocenters. The van der Waals surface area contributed by atoms with Crippen molar-refractivity contribution in [2.45, 2.75) is 51.5 Å². The van der Waals surface area contributed by atoms with Crippen molar-refractivity contribution in [2.24, 2.45) is 0 Å². The van der Waals surface area contributed by atoms with E-state index >= 15 is 0 Å². The van der Waals surface area contributed by atoms with Crippen LogP contribution in [0, 0.1) is 0 Å². The molecule has 0 heterocycles. The normalized spacial score (nSPS) is 15.8. The van der Waals surface area contributed by atoms with Crippen molar-refractivity contribution in [2.75, 3.05) is 32.1 Å². The van der Waals surface area contributed by atoms with E-state index in [1.165, 1.54) is 12.8 Å². The van der Waals surface area contributed by atoms with Gasteiger partial charge in [0.2, 0.25) is 10.0 Å². The third-order valence-electron chi connectivity index (χ3n) is 2.99. The van der Waals surface area contributed by atoms with E-state index < -0.39 is 10.0 Å². The van der Waals surface area contributed by atoms with E-state index in [0.29, 0.717) is 19.2 Å². The highest BCUT2D eigenvalue weighted by atomic mass is 32.2. The lowest BCUT2D eigenvalue weighted by Crippen LogP contribution is -2.28. The fourth-order valence-electron chi connectivity index (χ4n) is 1.73. The summed E-state index contributed by atoms with van der Waals surface area (Å²) in [6.45, 7) is 4.85. The largest absolute Gasteiger partial charge is 0.381 e. The summed E-state index contributed by atoms with van der Waals surface area (Å²) in [5.41, 5.74) is 0. The molecule has 0 saturated heterocycles. The van der Waals surface area contributed by atoms with E-state index in [-0.39, 0.29) is 5.75 Å². The summed E-state index contributed by atoms with van der Waals surface area (Å²) in [6, 6.07) is 0.706. The van der Waals surface area contributed by atoms with E-state index in [4.69, 9.17) is 4.74 Å². The molecule has 0 amide bonds. The van der Waals surface area contributed by atoms with Gasteiger partial charge in [-0.05, 0) is 45.1 Å². The number of rotatable bonds is 13. The minimum Gasteiger partial charge on any atom is -0.381 e. The molecule has 0 radical (unpaired) electrons. The van der Waals surface area contributed by atoms with Crippen molar-refractivity contribution in [3.63, 3.8) is 0 Å². The molecule has 1 aliphatic carbocycles. The zero-order valence-electron chi connectivity index (χ0n) is 12.0. The second-order valence-corrected chi connectivity index (χ2v) is 7.04. The molecule has 0 aliphatic heterocycles. The Morgan fingerprint density at radius 2 is 1.89 bits per heavy atom. The number of hydrogen-bond donors (Lipinski definition) is 2. The average Bonchev–Trinajstić information content (AvgIpc) is 3.17. The Bertz CT molecular complexity index is 316. The van der Waals surface area contributed by atoms with Gasteiger partial charge in [0, 0.05) is 25.8 Å². The monoisotopic (exact) mass is 292 g/mol. The van der Waals surface area contributed by atoms with Gasteiger partial charge in [-0.3, -0.25) is 0 Å². The lowest BCUT2D eigenvalue weighted by atomic mass is 10.3. The zero-order valence-corrected chi connectivity index (χ0v) is 12.8. The van der Waals surface area contributed by atoms with Crippen LogP contribution in [-0.4, -0.2) is 46.5 Å². The summed E-state index contributed by atoms with van der Waals surface area (Å²) >= 11 is 0. The van der Waals surface area contributed by atoms with Gasteiger partial charge in [-0.1, -0.05) is 6.92 Å². The van der Waals surface area contributed by atoms with Gasteiger partial charge in [0.05, 0.1) is 5.75 Å². The highest BCUT2D eigenvalue weighted by Crippen LogP contribution is 2.18. The summed E-state index contributed by atoms with van der Waals surface area (Å²) in [5.74, 6) is 0.231. The first-order valence-electron chi connectivity index (χ1n) is 7.42. The molecule has 2 N–H and O–H groups in total. The second-order valence-electron chi connectivity index (χ2n) is 5.11. The fraction of sp³-hybridized carbons (Fsp3) is 1.00. The second kappa shape index (κ2) is 9.69. The molecule has 6 heteroatoms. The molecule has 1 rings (SSSR count). The van der Waals surface area contributed by atoms with Crippen LogP contribution in [0.1, 0.15) is 45.4 Å². The topological polar surface area (TPSA) is 67.4 Å². The van der Waals surface area contributed by atoms with Crippen LogP contribution in [-0.2, 0) is 14.8 Å². The van der Waals surface area contributed by atoms with E-state index in [1.807, 2.05) is 0 Å². The van der Waals surface area contributed by atoms with Crippen LogP contribution in [0.2, 0.25) is 0 Å². The van der Waals surface area contributed by atoms with E-state index in [9.17, 15) is 8.42 Å². The van der Waals surface area contributed by atoms with Gasteiger partial charge in [-0.15, -0.1) is 0 Å². The lowest BCUT2D eigenvalue weighted by molar-refractivity contribution is 0.133. The Labute approximate surface area is 117 Å². The molecular formula is C13H28N2O3S. The molecule has 0 aromatic rings. The molecular weight excluding hydrogens is 264 g/mol. The number of unbranched alkanes of at least 4 members (excludes halogenated alkanes) is 1. The molecule has 1 fully saturated rings. The molecule has 5 nitrogen and oxygen atoms in total. The molecule has 0 aromatic heterocycles. The van der Waals surface area contributed by atoms with Crippen molar-refractivity contribution in [3.05, 3.63) is 0 Å². The van der Waals surface area contributed by atoms with E-state index in [0.717, 1.165) is 38.8 Å². The minimum atomic E-state index is -3.09. The maximum Gasteiger partial charge on any atom is 0.211 e. The first-order chi connectivity index (χ1) is 9.14. The van der Waals surface area contributed by atoms with Crippen LogP contribution in [0.3, 0.4) is 0 Å². The van der Waals surface area contributed by atoms with Gasteiger partial charge in [-0.2, -0.15) is 0 Å². The Hall–Kier alpha value is -0.170. The summed E-state index contributed by atoms with van der Waals surface area (Å²) in [5, 5.41) is 3.38. The highest BCUT2D eigenvalue weighted by molar-refractivity contribution is 7.89.